The van der Waals surface area contributed by atoms with E-state index in [4.69, 9.17) is 4.74 Å². The monoisotopic (exact) mass is 341 g/mol. The molecular weight excluding hydrogens is 318 g/mol. The molecule has 1 amide bonds. The van der Waals surface area contributed by atoms with Crippen LogP contribution < -0.4 is 4.90 Å². The van der Waals surface area contributed by atoms with Crippen LogP contribution in [0.15, 0.2) is 24.3 Å². The number of nitrogens with one attached hydrogen (secondary N) is 1. The molecular formula is C18H23N5O2. The summed E-state index contributed by atoms with van der Waals surface area (Å²) in [6.45, 7) is 6.68. The standard InChI is InChI=1S/C18H23N5O2/c1-12-3-5-14(6-4-12)23-8-7-15(18(23)24)22-9-10-25-16(11-22)17-19-13(2)20-21-17/h3-6,15-16H,7-11H2,1-2H3,(H,19,20,21)/t15-,16+/m1/s1. The number of ether oxygens (including phenoxy) is 1. The number of hydrogen-bond acceptors (Lipinski definition) is 5. The molecule has 0 unspecified atom stereocenters. The summed E-state index contributed by atoms with van der Waals surface area (Å²) in [7, 11) is 0. The molecule has 1 aromatic heterocycles. The first-order chi connectivity index (χ1) is 12.1. The van der Waals surface area contributed by atoms with E-state index < -0.39 is 0 Å². The lowest BCUT2D eigenvalue weighted by molar-refractivity contribution is -0.125. The summed E-state index contributed by atoms with van der Waals surface area (Å²) in [5.74, 6) is 1.62. The van der Waals surface area contributed by atoms with E-state index in [2.05, 4.69) is 27.0 Å². The maximum Gasteiger partial charge on any atom is 0.244 e. The Labute approximate surface area is 147 Å². The van der Waals surface area contributed by atoms with Crippen LogP contribution in [0.4, 0.5) is 5.69 Å². The Balaban J connectivity index is 1.46. The second-order valence-electron chi connectivity index (χ2n) is 6.76. The van der Waals surface area contributed by atoms with Crippen molar-refractivity contribution in [1.29, 1.82) is 0 Å². The van der Waals surface area contributed by atoms with Crippen molar-refractivity contribution in [2.75, 3.05) is 31.1 Å². The number of benzene rings is 1. The first-order valence-electron chi connectivity index (χ1n) is 8.74. The number of aryl methyl sites for hydroxylation is 2. The number of carbonyl (C=O) groups excluding carboxylic acids is 1. The van der Waals surface area contributed by atoms with Crippen molar-refractivity contribution >= 4 is 11.6 Å². The Morgan fingerprint density at radius 3 is 2.72 bits per heavy atom. The van der Waals surface area contributed by atoms with Crippen LogP contribution in [0, 0.1) is 13.8 Å². The summed E-state index contributed by atoms with van der Waals surface area (Å²) < 4.78 is 5.82. The third-order valence-corrected chi connectivity index (χ3v) is 4.96. The van der Waals surface area contributed by atoms with Gasteiger partial charge in [0, 0.05) is 25.3 Å². The average molecular weight is 341 g/mol. The highest BCUT2D eigenvalue weighted by Gasteiger charge is 2.39. The molecule has 25 heavy (non-hydrogen) atoms. The molecule has 0 saturated carbocycles. The van der Waals surface area contributed by atoms with Crippen molar-refractivity contribution in [2.45, 2.75) is 32.4 Å². The number of nitrogens with zero attached hydrogens (tertiary/aromatic N) is 4. The molecule has 132 valence electrons. The Hall–Kier alpha value is -2.25. The van der Waals surface area contributed by atoms with E-state index in [0.29, 0.717) is 19.0 Å². The summed E-state index contributed by atoms with van der Waals surface area (Å²) in [5, 5.41) is 7.06. The summed E-state index contributed by atoms with van der Waals surface area (Å²) in [5.41, 5.74) is 2.18. The summed E-state index contributed by atoms with van der Waals surface area (Å²) in [4.78, 5) is 21.4. The molecule has 4 rings (SSSR count). The molecule has 2 aliphatic heterocycles. The van der Waals surface area contributed by atoms with Crippen molar-refractivity contribution in [3.63, 3.8) is 0 Å². The highest BCUT2D eigenvalue weighted by Crippen LogP contribution is 2.28. The fourth-order valence-corrected chi connectivity index (χ4v) is 3.60. The van der Waals surface area contributed by atoms with E-state index in [-0.39, 0.29) is 18.1 Å². The molecule has 0 aliphatic carbocycles. The molecule has 1 N–H and O–H groups in total. The molecule has 0 radical (unpaired) electrons. The van der Waals surface area contributed by atoms with Crippen LogP contribution >= 0.6 is 0 Å². The number of anilines is 1. The van der Waals surface area contributed by atoms with Gasteiger partial charge in [0.05, 0.1) is 12.6 Å². The van der Waals surface area contributed by atoms with Crippen LogP contribution in [-0.4, -0.2) is 58.3 Å². The van der Waals surface area contributed by atoms with Gasteiger partial charge in [-0.1, -0.05) is 17.7 Å². The second kappa shape index (κ2) is 6.57. The minimum atomic E-state index is -0.181. The molecule has 2 fully saturated rings. The molecule has 0 spiro atoms. The topological polar surface area (TPSA) is 74.3 Å². The SMILES string of the molecule is Cc1ccc(N2CC[C@@H](N3CCO[C@H](c4n[nH]c(C)n4)C3)C2=O)cc1. The number of hydrogen-bond donors (Lipinski definition) is 1. The van der Waals surface area contributed by atoms with Gasteiger partial charge in [0.2, 0.25) is 5.91 Å². The number of carbonyl (C=O) groups is 1. The van der Waals surface area contributed by atoms with Crippen LogP contribution in [0.2, 0.25) is 0 Å². The molecule has 2 saturated heterocycles. The number of amides is 1. The summed E-state index contributed by atoms with van der Waals surface area (Å²) in [6, 6.07) is 8.05. The largest absolute Gasteiger partial charge is 0.367 e. The number of aromatic nitrogens is 3. The van der Waals surface area contributed by atoms with E-state index in [1.165, 1.54) is 5.56 Å². The van der Waals surface area contributed by atoms with Crippen LogP contribution in [-0.2, 0) is 9.53 Å². The number of rotatable bonds is 3. The maximum absolute atomic E-state index is 12.9. The minimum Gasteiger partial charge on any atom is -0.367 e. The molecule has 2 aliphatic rings. The molecule has 7 heteroatoms. The second-order valence-corrected chi connectivity index (χ2v) is 6.76. The lowest BCUT2D eigenvalue weighted by Gasteiger charge is -2.34. The number of morpholine rings is 1. The van der Waals surface area contributed by atoms with Gasteiger partial charge in [0.25, 0.3) is 0 Å². The molecule has 0 bridgehead atoms. The zero-order chi connectivity index (χ0) is 17.4. The average Bonchev–Trinajstić information content (AvgIpc) is 3.22. The Morgan fingerprint density at radius 2 is 2.00 bits per heavy atom. The Kier molecular flexibility index (Phi) is 4.27. The van der Waals surface area contributed by atoms with Gasteiger partial charge in [0.1, 0.15) is 11.9 Å². The third-order valence-electron chi connectivity index (χ3n) is 4.96. The Bertz CT molecular complexity index is 757. The molecule has 2 atom stereocenters. The highest BCUT2D eigenvalue weighted by molar-refractivity contribution is 5.99. The van der Waals surface area contributed by atoms with E-state index >= 15 is 0 Å². The molecule has 7 nitrogen and oxygen atoms in total. The van der Waals surface area contributed by atoms with Gasteiger partial charge >= 0.3 is 0 Å². The van der Waals surface area contributed by atoms with Crippen molar-refractivity contribution in [2.24, 2.45) is 0 Å². The predicted octanol–water partition coefficient (Wildman–Crippen LogP) is 1.60. The van der Waals surface area contributed by atoms with E-state index in [1.807, 2.05) is 36.1 Å². The van der Waals surface area contributed by atoms with Gasteiger partial charge in [-0.05, 0) is 32.4 Å². The van der Waals surface area contributed by atoms with Gasteiger partial charge in [-0.3, -0.25) is 14.8 Å². The zero-order valence-electron chi connectivity index (χ0n) is 14.6. The van der Waals surface area contributed by atoms with Gasteiger partial charge in [0.15, 0.2) is 5.82 Å². The third kappa shape index (κ3) is 3.17. The molecule has 3 heterocycles. The van der Waals surface area contributed by atoms with Crippen molar-refractivity contribution in [3.8, 4) is 0 Å². The number of aromatic amines is 1. The van der Waals surface area contributed by atoms with Gasteiger partial charge in [-0.15, -0.1) is 0 Å². The van der Waals surface area contributed by atoms with Crippen LogP contribution in [0.5, 0.6) is 0 Å². The van der Waals surface area contributed by atoms with Crippen molar-refractivity contribution in [3.05, 3.63) is 41.5 Å². The Morgan fingerprint density at radius 1 is 1.20 bits per heavy atom. The highest BCUT2D eigenvalue weighted by atomic mass is 16.5. The number of H-pyrrole nitrogens is 1. The van der Waals surface area contributed by atoms with E-state index in [9.17, 15) is 4.79 Å². The van der Waals surface area contributed by atoms with Crippen LogP contribution in [0.1, 0.15) is 29.7 Å². The van der Waals surface area contributed by atoms with Crippen LogP contribution in [0.3, 0.4) is 0 Å². The first kappa shape index (κ1) is 16.2. The van der Waals surface area contributed by atoms with E-state index in [0.717, 1.165) is 31.0 Å². The zero-order valence-corrected chi connectivity index (χ0v) is 14.6. The maximum atomic E-state index is 12.9. The summed E-state index contributed by atoms with van der Waals surface area (Å²) in [6.07, 6.45) is 0.659. The minimum absolute atomic E-state index is 0.0901. The van der Waals surface area contributed by atoms with Gasteiger partial charge < -0.3 is 9.64 Å². The predicted molar refractivity (Wildman–Crippen MR) is 93.3 cm³/mol. The van der Waals surface area contributed by atoms with Crippen molar-refractivity contribution in [1.82, 2.24) is 20.1 Å². The summed E-state index contributed by atoms with van der Waals surface area (Å²) >= 11 is 0. The van der Waals surface area contributed by atoms with Gasteiger partial charge in [-0.25, -0.2) is 4.98 Å². The molecule has 2 aromatic rings. The quantitative estimate of drug-likeness (QED) is 0.918. The molecule has 1 aromatic carbocycles. The van der Waals surface area contributed by atoms with E-state index in [1.54, 1.807) is 0 Å². The normalized spacial score (nSPS) is 24.9. The van der Waals surface area contributed by atoms with Crippen LogP contribution in [0.25, 0.3) is 0 Å². The first-order valence-corrected chi connectivity index (χ1v) is 8.74. The lowest BCUT2D eigenvalue weighted by atomic mass is 10.1. The fraction of sp³-hybridized carbons (Fsp3) is 0.500. The smallest absolute Gasteiger partial charge is 0.244 e. The van der Waals surface area contributed by atoms with Gasteiger partial charge in [-0.2, -0.15) is 5.10 Å². The van der Waals surface area contributed by atoms with Crippen molar-refractivity contribution < 1.29 is 9.53 Å². The lowest BCUT2D eigenvalue weighted by Crippen LogP contribution is -2.48. The fourth-order valence-electron chi connectivity index (χ4n) is 3.60.